The lowest BCUT2D eigenvalue weighted by Crippen LogP contribution is -2.02. The SMILES string of the molecule is Cc1c(Cl)nn2c(C(F)F)nnc2c1C. The first-order chi connectivity index (χ1) is 7.02. The number of aryl methyl sites for hydroxylation is 1. The van der Waals surface area contributed by atoms with E-state index in [2.05, 4.69) is 15.3 Å². The second kappa shape index (κ2) is 3.37. The molecule has 0 unspecified atom stereocenters. The topological polar surface area (TPSA) is 43.1 Å². The van der Waals surface area contributed by atoms with Crippen LogP contribution in [0.15, 0.2) is 0 Å². The maximum atomic E-state index is 12.5. The average Bonchev–Trinajstić information content (AvgIpc) is 2.58. The molecule has 0 aromatic carbocycles. The first-order valence-electron chi connectivity index (χ1n) is 4.18. The number of nitrogens with zero attached hydrogens (tertiary/aromatic N) is 4. The molecule has 4 nitrogen and oxygen atoms in total. The Morgan fingerprint density at radius 3 is 2.47 bits per heavy atom. The van der Waals surface area contributed by atoms with Gasteiger partial charge in [0.1, 0.15) is 0 Å². The smallest absolute Gasteiger partial charge is 0.201 e. The number of fused-ring (bicyclic) bond motifs is 1. The molecule has 0 aliphatic heterocycles. The first kappa shape index (κ1) is 10.2. The van der Waals surface area contributed by atoms with Gasteiger partial charge in [0.15, 0.2) is 10.8 Å². The van der Waals surface area contributed by atoms with Crippen LogP contribution in [0, 0.1) is 13.8 Å². The average molecular weight is 233 g/mol. The number of alkyl halides is 2. The van der Waals surface area contributed by atoms with Gasteiger partial charge in [-0.25, -0.2) is 8.78 Å². The summed E-state index contributed by atoms with van der Waals surface area (Å²) in [6.45, 7) is 3.49. The molecule has 0 aliphatic rings. The molecule has 0 N–H and O–H groups in total. The molecule has 2 aromatic heterocycles. The Labute approximate surface area is 88.9 Å². The van der Waals surface area contributed by atoms with Gasteiger partial charge >= 0.3 is 0 Å². The van der Waals surface area contributed by atoms with E-state index in [-0.39, 0.29) is 5.15 Å². The second-order valence-corrected chi connectivity index (χ2v) is 3.49. The number of halogens is 3. The summed E-state index contributed by atoms with van der Waals surface area (Å²) in [6, 6.07) is 0. The molecule has 0 aliphatic carbocycles. The van der Waals surface area contributed by atoms with Crippen molar-refractivity contribution in [2.75, 3.05) is 0 Å². The fraction of sp³-hybridized carbons (Fsp3) is 0.375. The van der Waals surface area contributed by atoms with Crippen molar-refractivity contribution >= 4 is 17.2 Å². The van der Waals surface area contributed by atoms with Crippen molar-refractivity contribution in [2.45, 2.75) is 20.3 Å². The largest absolute Gasteiger partial charge is 0.299 e. The Balaban J connectivity index is 2.83. The lowest BCUT2D eigenvalue weighted by molar-refractivity contribution is 0.137. The highest BCUT2D eigenvalue weighted by Gasteiger charge is 2.19. The van der Waals surface area contributed by atoms with Crippen molar-refractivity contribution in [3.05, 3.63) is 22.1 Å². The Hall–Kier alpha value is -1.30. The van der Waals surface area contributed by atoms with E-state index in [1.807, 2.05) is 0 Å². The van der Waals surface area contributed by atoms with Crippen LogP contribution in [0.1, 0.15) is 23.4 Å². The van der Waals surface area contributed by atoms with Crippen molar-refractivity contribution in [3.63, 3.8) is 0 Å². The Morgan fingerprint density at radius 2 is 1.87 bits per heavy atom. The van der Waals surface area contributed by atoms with Crippen molar-refractivity contribution in [1.82, 2.24) is 19.8 Å². The van der Waals surface area contributed by atoms with Gasteiger partial charge in [0, 0.05) is 5.56 Å². The highest BCUT2D eigenvalue weighted by atomic mass is 35.5. The lowest BCUT2D eigenvalue weighted by Gasteiger charge is -2.04. The molecule has 7 heteroatoms. The summed E-state index contributed by atoms with van der Waals surface area (Å²) in [7, 11) is 0. The predicted molar refractivity (Wildman–Crippen MR) is 50.2 cm³/mol. The van der Waals surface area contributed by atoms with E-state index in [0.717, 1.165) is 10.1 Å². The van der Waals surface area contributed by atoms with E-state index >= 15 is 0 Å². The Morgan fingerprint density at radius 1 is 1.20 bits per heavy atom. The van der Waals surface area contributed by atoms with Gasteiger partial charge in [0.2, 0.25) is 5.82 Å². The van der Waals surface area contributed by atoms with Crippen molar-refractivity contribution in [3.8, 4) is 0 Å². The summed E-state index contributed by atoms with van der Waals surface area (Å²) < 4.78 is 26.0. The van der Waals surface area contributed by atoms with Crippen LogP contribution in [-0.2, 0) is 0 Å². The van der Waals surface area contributed by atoms with Crippen molar-refractivity contribution in [2.24, 2.45) is 0 Å². The van der Waals surface area contributed by atoms with Gasteiger partial charge in [-0.1, -0.05) is 11.6 Å². The van der Waals surface area contributed by atoms with Crippen LogP contribution in [-0.4, -0.2) is 19.8 Å². The maximum absolute atomic E-state index is 12.5. The molecule has 0 saturated heterocycles. The van der Waals surface area contributed by atoms with E-state index in [0.29, 0.717) is 11.2 Å². The van der Waals surface area contributed by atoms with E-state index in [1.54, 1.807) is 13.8 Å². The van der Waals surface area contributed by atoms with Gasteiger partial charge in [-0.3, -0.25) is 0 Å². The molecule has 80 valence electrons. The number of rotatable bonds is 1. The fourth-order valence-corrected chi connectivity index (χ4v) is 1.46. The van der Waals surface area contributed by atoms with Crippen molar-refractivity contribution < 1.29 is 8.78 Å². The third-order valence-electron chi connectivity index (χ3n) is 2.26. The molecule has 0 atom stereocenters. The minimum atomic E-state index is -2.72. The molecule has 0 spiro atoms. The summed E-state index contributed by atoms with van der Waals surface area (Å²) >= 11 is 5.79. The molecule has 2 rings (SSSR count). The quantitative estimate of drug-likeness (QED) is 0.758. The molecule has 15 heavy (non-hydrogen) atoms. The third-order valence-corrected chi connectivity index (χ3v) is 2.61. The molecule has 0 radical (unpaired) electrons. The highest BCUT2D eigenvalue weighted by Crippen LogP contribution is 2.23. The highest BCUT2D eigenvalue weighted by molar-refractivity contribution is 6.30. The maximum Gasteiger partial charge on any atom is 0.299 e. The van der Waals surface area contributed by atoms with Crippen LogP contribution in [0.3, 0.4) is 0 Å². The van der Waals surface area contributed by atoms with E-state index < -0.39 is 12.2 Å². The van der Waals surface area contributed by atoms with Crippen LogP contribution in [0.5, 0.6) is 0 Å². The Bertz CT molecular complexity index is 523. The minimum Gasteiger partial charge on any atom is -0.201 e. The van der Waals surface area contributed by atoms with Crippen LogP contribution >= 0.6 is 11.6 Å². The monoisotopic (exact) mass is 232 g/mol. The first-order valence-corrected chi connectivity index (χ1v) is 4.56. The number of hydrogen-bond donors (Lipinski definition) is 0. The molecule has 0 fully saturated rings. The van der Waals surface area contributed by atoms with E-state index in [1.165, 1.54) is 0 Å². The normalized spacial score (nSPS) is 11.6. The van der Waals surface area contributed by atoms with Crippen LogP contribution in [0.2, 0.25) is 5.15 Å². The zero-order valence-electron chi connectivity index (χ0n) is 8.00. The molecule has 2 aromatic rings. The van der Waals surface area contributed by atoms with Crippen LogP contribution in [0.4, 0.5) is 8.78 Å². The molecule has 0 bridgehead atoms. The van der Waals surface area contributed by atoms with Crippen molar-refractivity contribution in [1.29, 1.82) is 0 Å². The lowest BCUT2D eigenvalue weighted by atomic mass is 10.2. The summed E-state index contributed by atoms with van der Waals surface area (Å²) in [5.74, 6) is -0.491. The minimum absolute atomic E-state index is 0.182. The van der Waals surface area contributed by atoms with Gasteiger partial charge in [-0.15, -0.1) is 10.2 Å². The Kier molecular flexibility index (Phi) is 2.30. The molecule has 0 amide bonds. The van der Waals surface area contributed by atoms with Gasteiger partial charge in [-0.2, -0.15) is 9.61 Å². The molecule has 0 saturated carbocycles. The number of hydrogen-bond acceptors (Lipinski definition) is 3. The standard InChI is InChI=1S/C8H7ClF2N4/c1-3-4(2)7-12-13-8(6(10)11)15(7)14-5(3)9/h6H,1-2H3. The summed E-state index contributed by atoms with van der Waals surface area (Å²) in [5, 5.41) is 11.0. The third kappa shape index (κ3) is 1.45. The summed E-state index contributed by atoms with van der Waals surface area (Å²) in [5.41, 5.74) is 1.74. The zero-order valence-corrected chi connectivity index (χ0v) is 8.76. The molecular formula is C8H7ClF2N4. The van der Waals surface area contributed by atoms with Crippen LogP contribution in [0.25, 0.3) is 5.65 Å². The fourth-order valence-electron chi connectivity index (χ4n) is 1.25. The molecular weight excluding hydrogens is 226 g/mol. The van der Waals surface area contributed by atoms with Gasteiger partial charge in [0.05, 0.1) is 0 Å². The van der Waals surface area contributed by atoms with Gasteiger partial charge in [0.25, 0.3) is 6.43 Å². The molecule has 2 heterocycles. The van der Waals surface area contributed by atoms with E-state index in [9.17, 15) is 8.78 Å². The zero-order chi connectivity index (χ0) is 11.2. The van der Waals surface area contributed by atoms with Crippen LogP contribution < -0.4 is 0 Å². The van der Waals surface area contributed by atoms with Gasteiger partial charge in [-0.05, 0) is 19.4 Å². The van der Waals surface area contributed by atoms with E-state index in [4.69, 9.17) is 11.6 Å². The summed E-state index contributed by atoms with van der Waals surface area (Å²) in [4.78, 5) is 0. The summed E-state index contributed by atoms with van der Waals surface area (Å²) in [6.07, 6.45) is -2.72. The second-order valence-electron chi connectivity index (χ2n) is 3.14. The van der Waals surface area contributed by atoms with Gasteiger partial charge < -0.3 is 0 Å². The predicted octanol–water partition coefficient (Wildman–Crippen LogP) is 2.33. The number of aromatic nitrogens is 4.